The van der Waals surface area contributed by atoms with E-state index >= 15 is 0 Å². The van der Waals surface area contributed by atoms with Gasteiger partial charge < -0.3 is 19.1 Å². The summed E-state index contributed by atoms with van der Waals surface area (Å²) in [5, 5.41) is 0. The van der Waals surface area contributed by atoms with Gasteiger partial charge in [0.15, 0.2) is 0 Å². The highest BCUT2D eigenvalue weighted by Gasteiger charge is 2.40. The van der Waals surface area contributed by atoms with E-state index in [1.165, 1.54) is 0 Å². The monoisotopic (exact) mass is 537 g/mol. The van der Waals surface area contributed by atoms with Crippen molar-refractivity contribution in [3.8, 4) is 5.75 Å². The summed E-state index contributed by atoms with van der Waals surface area (Å²) in [4.78, 5) is 31.8. The fraction of sp³-hybridized carbons (Fsp3) is 0.548. The van der Waals surface area contributed by atoms with E-state index in [0.717, 1.165) is 47.7 Å². The van der Waals surface area contributed by atoms with Gasteiger partial charge >= 0.3 is 12.2 Å². The first kappa shape index (κ1) is 28.7. The lowest BCUT2D eigenvalue weighted by atomic mass is 9.73. The van der Waals surface area contributed by atoms with Gasteiger partial charge in [0.1, 0.15) is 17.0 Å². The fourth-order valence-corrected chi connectivity index (χ4v) is 5.18. The highest BCUT2D eigenvalue weighted by Crippen LogP contribution is 2.50. The molecule has 1 fully saturated rings. The Bertz CT molecular complexity index is 1230. The molecule has 2 heterocycles. The summed E-state index contributed by atoms with van der Waals surface area (Å²) < 4.78 is 16.9. The largest absolute Gasteiger partial charge is 0.497 e. The van der Waals surface area contributed by atoms with Crippen LogP contribution in [0.5, 0.6) is 5.75 Å². The van der Waals surface area contributed by atoms with E-state index in [-0.39, 0.29) is 11.5 Å². The Labute approximate surface area is 232 Å². The minimum atomic E-state index is -0.634. The number of nitrogens with zero attached hydrogens (tertiary/aromatic N) is 3. The number of carbonyl (C=O) groups is 2. The average Bonchev–Trinajstić information content (AvgIpc) is 2.82. The number of hydrogen-bond donors (Lipinski definition) is 0. The van der Waals surface area contributed by atoms with E-state index in [9.17, 15) is 9.59 Å². The predicted octanol–water partition coefficient (Wildman–Crippen LogP) is 6.46. The van der Waals surface area contributed by atoms with Crippen LogP contribution in [0.1, 0.15) is 72.1 Å². The SMILES string of the molecule is COc1ccc2c(c1)N(C(=O)OC(C)(C)C)c1ccc(CN3CCN(C(=O)OC(C)(C)C)CC3)cc1C2(C)C. The zero-order chi connectivity index (χ0) is 28.8. The molecule has 0 aromatic heterocycles. The lowest BCUT2D eigenvalue weighted by Gasteiger charge is -2.41. The van der Waals surface area contributed by atoms with Crippen molar-refractivity contribution in [1.82, 2.24) is 9.80 Å². The molecule has 2 aliphatic heterocycles. The molecule has 0 radical (unpaired) electrons. The number of anilines is 2. The second-order valence-corrected chi connectivity index (χ2v) is 12.9. The van der Waals surface area contributed by atoms with E-state index in [2.05, 4.69) is 30.9 Å². The Kier molecular flexibility index (Phi) is 7.65. The number of fused-ring (bicyclic) bond motifs is 2. The highest BCUT2D eigenvalue weighted by atomic mass is 16.6. The number of amides is 2. The van der Waals surface area contributed by atoms with Crippen LogP contribution in [0.4, 0.5) is 21.0 Å². The van der Waals surface area contributed by atoms with Crippen LogP contribution in [0.2, 0.25) is 0 Å². The molecule has 0 saturated carbocycles. The van der Waals surface area contributed by atoms with Crippen LogP contribution in [0.3, 0.4) is 0 Å². The smallest absolute Gasteiger partial charge is 0.419 e. The normalized spacial score (nSPS) is 17.3. The van der Waals surface area contributed by atoms with E-state index < -0.39 is 17.3 Å². The van der Waals surface area contributed by atoms with Gasteiger partial charge in [-0.05, 0) is 70.4 Å². The van der Waals surface area contributed by atoms with Gasteiger partial charge in [-0.15, -0.1) is 0 Å². The Morgan fingerprint density at radius 1 is 0.795 bits per heavy atom. The first-order valence-electron chi connectivity index (χ1n) is 13.6. The molecule has 1 saturated heterocycles. The Morgan fingerprint density at radius 3 is 2.00 bits per heavy atom. The van der Waals surface area contributed by atoms with Crippen LogP contribution in [-0.2, 0) is 21.4 Å². The van der Waals surface area contributed by atoms with Crippen molar-refractivity contribution in [3.63, 3.8) is 0 Å². The second-order valence-electron chi connectivity index (χ2n) is 12.9. The molecule has 8 nitrogen and oxygen atoms in total. The van der Waals surface area contributed by atoms with E-state index in [1.54, 1.807) is 16.9 Å². The number of benzene rings is 2. The van der Waals surface area contributed by atoms with Gasteiger partial charge in [0, 0.05) is 44.2 Å². The summed E-state index contributed by atoms with van der Waals surface area (Å²) in [5.74, 6) is 0.684. The van der Waals surface area contributed by atoms with Crippen LogP contribution in [0.15, 0.2) is 36.4 Å². The number of ether oxygens (including phenoxy) is 3. The van der Waals surface area contributed by atoms with Crippen molar-refractivity contribution >= 4 is 23.6 Å². The number of piperazine rings is 1. The zero-order valence-electron chi connectivity index (χ0n) is 24.9. The van der Waals surface area contributed by atoms with Gasteiger partial charge in [-0.25, -0.2) is 14.5 Å². The molecule has 2 aromatic carbocycles. The predicted molar refractivity (Wildman–Crippen MR) is 153 cm³/mol. The van der Waals surface area contributed by atoms with Crippen molar-refractivity contribution in [2.75, 3.05) is 38.2 Å². The second kappa shape index (κ2) is 10.4. The maximum Gasteiger partial charge on any atom is 0.419 e. The Hall–Kier alpha value is -3.26. The molecule has 212 valence electrons. The minimum absolute atomic E-state index is 0.254. The lowest BCUT2D eigenvalue weighted by Crippen LogP contribution is -2.49. The van der Waals surface area contributed by atoms with Crippen LogP contribution in [0, 0.1) is 0 Å². The van der Waals surface area contributed by atoms with E-state index in [1.807, 2.05) is 65.8 Å². The first-order valence-corrected chi connectivity index (χ1v) is 13.6. The zero-order valence-corrected chi connectivity index (χ0v) is 24.9. The summed E-state index contributed by atoms with van der Waals surface area (Å²) in [7, 11) is 1.63. The number of hydrogen-bond acceptors (Lipinski definition) is 6. The van der Waals surface area contributed by atoms with Crippen LogP contribution in [0.25, 0.3) is 0 Å². The van der Waals surface area contributed by atoms with Gasteiger partial charge in [-0.2, -0.15) is 0 Å². The molecular weight excluding hydrogens is 494 g/mol. The average molecular weight is 538 g/mol. The maximum atomic E-state index is 13.5. The molecule has 0 atom stereocenters. The minimum Gasteiger partial charge on any atom is -0.497 e. The van der Waals surface area contributed by atoms with Gasteiger partial charge in [-0.1, -0.05) is 32.0 Å². The third-order valence-electron chi connectivity index (χ3n) is 7.10. The molecule has 0 N–H and O–H groups in total. The molecule has 0 aliphatic carbocycles. The van der Waals surface area contributed by atoms with Gasteiger partial charge in [-0.3, -0.25) is 4.90 Å². The van der Waals surface area contributed by atoms with Gasteiger partial charge in [0.05, 0.1) is 18.5 Å². The number of rotatable bonds is 3. The quantitative estimate of drug-likeness (QED) is 0.447. The van der Waals surface area contributed by atoms with Crippen molar-refractivity contribution < 1.29 is 23.8 Å². The van der Waals surface area contributed by atoms with Gasteiger partial charge in [0.25, 0.3) is 0 Å². The van der Waals surface area contributed by atoms with Crippen LogP contribution >= 0.6 is 0 Å². The molecule has 39 heavy (non-hydrogen) atoms. The third-order valence-corrected chi connectivity index (χ3v) is 7.10. The standard InChI is InChI=1S/C31H43N3O5/c1-29(2,3)38-27(35)33-16-14-32(15-17-33)20-21-10-13-25-24(18-21)31(7,8)23-12-11-22(37-9)19-26(23)34(25)28(36)39-30(4,5)6/h10-13,18-19H,14-17,20H2,1-9H3. The molecule has 2 amide bonds. The third kappa shape index (κ3) is 6.32. The molecule has 2 aliphatic rings. The molecule has 0 bridgehead atoms. The van der Waals surface area contributed by atoms with E-state index in [0.29, 0.717) is 18.8 Å². The molecular formula is C31H43N3O5. The summed E-state index contributed by atoms with van der Waals surface area (Å²) in [6.07, 6.45) is -0.671. The van der Waals surface area contributed by atoms with Crippen LogP contribution in [-0.4, -0.2) is 66.5 Å². The molecule has 8 heteroatoms. The van der Waals surface area contributed by atoms with Crippen molar-refractivity contribution in [1.29, 1.82) is 0 Å². The Balaban J connectivity index is 1.60. The lowest BCUT2D eigenvalue weighted by molar-refractivity contribution is 0.0138. The maximum absolute atomic E-state index is 13.5. The molecule has 0 unspecified atom stereocenters. The van der Waals surface area contributed by atoms with Crippen LogP contribution < -0.4 is 9.64 Å². The summed E-state index contributed by atoms with van der Waals surface area (Å²) in [6, 6.07) is 12.2. The Morgan fingerprint density at radius 2 is 1.41 bits per heavy atom. The summed E-state index contributed by atoms with van der Waals surface area (Å²) in [5.41, 5.74) is 3.36. The molecule has 2 aromatic rings. The van der Waals surface area contributed by atoms with Crippen molar-refractivity contribution in [3.05, 3.63) is 53.1 Å². The van der Waals surface area contributed by atoms with E-state index in [4.69, 9.17) is 14.2 Å². The summed E-state index contributed by atoms with van der Waals surface area (Å²) >= 11 is 0. The van der Waals surface area contributed by atoms with Crippen molar-refractivity contribution in [2.45, 2.75) is 78.6 Å². The number of carbonyl (C=O) groups excluding carboxylic acids is 2. The van der Waals surface area contributed by atoms with Crippen molar-refractivity contribution in [2.24, 2.45) is 0 Å². The van der Waals surface area contributed by atoms with Gasteiger partial charge in [0.2, 0.25) is 0 Å². The summed E-state index contributed by atoms with van der Waals surface area (Å²) in [6.45, 7) is 19.2. The first-order chi connectivity index (χ1) is 18.1. The topological polar surface area (TPSA) is 71.5 Å². The highest BCUT2D eigenvalue weighted by molar-refractivity contribution is 6.00. The number of methoxy groups -OCH3 is 1. The molecule has 0 spiro atoms. The molecule has 4 rings (SSSR count). The fourth-order valence-electron chi connectivity index (χ4n) is 5.18.